The number of benzene rings is 3. The Bertz CT molecular complexity index is 2190. The first-order valence-corrected chi connectivity index (χ1v) is 22.8. The van der Waals surface area contributed by atoms with Gasteiger partial charge in [-0.1, -0.05) is 6.42 Å². The maximum atomic E-state index is 13.2. The van der Waals surface area contributed by atoms with E-state index in [2.05, 4.69) is 31.9 Å². The van der Waals surface area contributed by atoms with E-state index in [9.17, 15) is 59.4 Å². The largest absolute Gasteiger partial charge is 0.504 e. The van der Waals surface area contributed by atoms with Crippen molar-refractivity contribution in [3.05, 3.63) is 69.8 Å². The average Bonchev–Trinajstić information content (AvgIpc) is 3.33. The number of nitrogens with two attached hydrogens (primary N) is 1. The Labute approximate surface area is 440 Å². The molecule has 0 saturated heterocycles. The fraction of sp³-hybridized carbons (Fsp3) is 0.478. The molecule has 27 heteroatoms. The van der Waals surface area contributed by atoms with Gasteiger partial charge >= 0.3 is 0 Å². The number of rotatable bonds is 19. The summed E-state index contributed by atoms with van der Waals surface area (Å²) in [5.41, 5.74) is 3.68. The summed E-state index contributed by atoms with van der Waals surface area (Å²) in [5.74, 6) is -9.44. The standard InChI is InChI=1S/C46H65N9O15.3ClH/c1-68-25-26-70-28-27-69-24-23-55-21-16-52-45(66)33-9-7-31(37(58)39(33)60)43(64)50-14-19-54(20-15-51-44(65)32-8-10-34(40(61)38(32)59)46(67)53-17-22-55)18-13-49-42(63)30-6-5-29(35(56)36(30)57)41(62)48-12-4-2-3-11-47;;;/h5-10,56-61H,2-4,11-28,47H2,1H3,(H,48,62)(H,49,63)(H,50,64)(H,51,65)(H,52,66)(H,53,67);3*1H. The van der Waals surface area contributed by atoms with Gasteiger partial charge in [0.15, 0.2) is 34.5 Å². The van der Waals surface area contributed by atoms with Crippen molar-refractivity contribution in [2.24, 2.45) is 5.73 Å². The van der Waals surface area contributed by atoms with E-state index in [0.717, 1.165) is 12.8 Å². The van der Waals surface area contributed by atoms with E-state index < -0.39 is 69.9 Å². The fourth-order valence-corrected chi connectivity index (χ4v) is 7.02. The molecule has 4 aliphatic rings. The summed E-state index contributed by atoms with van der Waals surface area (Å²) < 4.78 is 16.0. The van der Waals surface area contributed by atoms with E-state index in [1.165, 1.54) is 36.4 Å². The van der Waals surface area contributed by atoms with Crippen LogP contribution in [0.15, 0.2) is 36.4 Å². The van der Waals surface area contributed by atoms with Gasteiger partial charge in [-0.15, -0.1) is 37.2 Å². The molecule has 7 rings (SSSR count). The Hall–Kier alpha value is -6.09. The molecule has 408 valence electrons. The van der Waals surface area contributed by atoms with Crippen LogP contribution in [0.25, 0.3) is 0 Å². The van der Waals surface area contributed by atoms with Gasteiger partial charge in [0, 0.05) is 85.6 Å². The van der Waals surface area contributed by atoms with E-state index in [4.69, 9.17) is 19.9 Å². The second kappa shape index (κ2) is 34.4. The molecule has 0 radical (unpaired) electrons. The first-order chi connectivity index (χ1) is 33.7. The molecule has 0 unspecified atom stereocenters. The Morgan fingerprint density at radius 1 is 0.507 bits per heavy atom. The highest BCUT2D eigenvalue weighted by molar-refractivity contribution is 6.04. The van der Waals surface area contributed by atoms with E-state index in [1.54, 1.807) is 12.0 Å². The van der Waals surface area contributed by atoms with Crippen LogP contribution in [0.3, 0.4) is 0 Å². The summed E-state index contributed by atoms with van der Waals surface area (Å²) in [6, 6.07) is 7.10. The summed E-state index contributed by atoms with van der Waals surface area (Å²) in [7, 11) is 1.56. The number of phenolic OH excluding ortho intramolecular Hbond substituents is 6. The topological polar surface area (TPSA) is 356 Å². The van der Waals surface area contributed by atoms with Crippen LogP contribution in [-0.4, -0.2) is 201 Å². The maximum Gasteiger partial charge on any atom is 0.255 e. The van der Waals surface area contributed by atoms with Crippen LogP contribution in [0.2, 0.25) is 0 Å². The van der Waals surface area contributed by atoms with Crippen molar-refractivity contribution in [3.8, 4) is 34.5 Å². The fourth-order valence-electron chi connectivity index (χ4n) is 7.02. The smallest absolute Gasteiger partial charge is 0.255 e. The predicted octanol–water partition coefficient (Wildman–Crippen LogP) is 0.391. The van der Waals surface area contributed by atoms with E-state index in [1.807, 2.05) is 4.90 Å². The molecule has 0 fully saturated rings. The molecule has 0 atom stereocenters. The first kappa shape index (κ1) is 64.9. The quantitative estimate of drug-likeness (QED) is 0.0570. The molecule has 4 bridgehead atoms. The summed E-state index contributed by atoms with van der Waals surface area (Å²) in [6.07, 6.45) is 2.24. The molecular weight excluding hydrogens is 1020 g/mol. The number of halogens is 3. The molecule has 4 heterocycles. The number of phenols is 6. The minimum atomic E-state index is -0.835. The molecular formula is C46H68Cl3N9O15. The van der Waals surface area contributed by atoms with Crippen molar-refractivity contribution in [3.63, 3.8) is 0 Å². The summed E-state index contributed by atoms with van der Waals surface area (Å²) in [4.78, 5) is 82.1. The zero-order valence-electron chi connectivity index (χ0n) is 40.4. The Balaban J connectivity index is 0.00000888. The number of aromatic hydroxyl groups is 6. The highest BCUT2D eigenvalue weighted by Gasteiger charge is 2.25. The number of nitrogens with one attached hydrogen (secondary N) is 6. The number of ether oxygens (including phenoxy) is 3. The maximum absolute atomic E-state index is 13.2. The Morgan fingerprint density at radius 3 is 1.25 bits per heavy atom. The van der Waals surface area contributed by atoms with Crippen molar-refractivity contribution < 1.29 is 73.6 Å². The van der Waals surface area contributed by atoms with Gasteiger partial charge in [-0.3, -0.25) is 38.6 Å². The van der Waals surface area contributed by atoms with Gasteiger partial charge in [0.25, 0.3) is 35.4 Å². The average molecular weight is 1090 g/mol. The van der Waals surface area contributed by atoms with Crippen LogP contribution in [0.4, 0.5) is 0 Å². The lowest BCUT2D eigenvalue weighted by atomic mass is 10.1. The first-order valence-electron chi connectivity index (χ1n) is 22.8. The van der Waals surface area contributed by atoms with Crippen LogP contribution in [0, 0.1) is 0 Å². The van der Waals surface area contributed by atoms with Crippen LogP contribution in [0.5, 0.6) is 34.5 Å². The normalized spacial score (nSPS) is 14.3. The minimum absolute atomic E-state index is 0. The lowest BCUT2D eigenvalue weighted by molar-refractivity contribution is 0.0196. The monoisotopic (exact) mass is 1090 g/mol. The zero-order valence-corrected chi connectivity index (χ0v) is 42.8. The number of hydrogen-bond donors (Lipinski definition) is 13. The Kier molecular flexibility index (Phi) is 30.6. The lowest BCUT2D eigenvalue weighted by Crippen LogP contribution is -2.43. The number of carbonyl (C=O) groups is 6. The number of carbonyl (C=O) groups excluding carboxylic acids is 6. The number of unbranched alkanes of at least 4 members (excludes halogenated alkanes) is 2. The Morgan fingerprint density at radius 2 is 0.863 bits per heavy atom. The van der Waals surface area contributed by atoms with Gasteiger partial charge in [0.1, 0.15) is 0 Å². The third-order valence-electron chi connectivity index (χ3n) is 11.0. The highest BCUT2D eigenvalue weighted by Crippen LogP contribution is 2.35. The number of nitrogens with zero attached hydrogens (tertiary/aromatic N) is 2. The molecule has 3 aromatic rings. The van der Waals surface area contributed by atoms with Crippen LogP contribution >= 0.6 is 37.2 Å². The molecule has 3 aromatic carbocycles. The predicted molar refractivity (Wildman–Crippen MR) is 274 cm³/mol. The molecule has 0 spiro atoms. The van der Waals surface area contributed by atoms with Gasteiger partial charge in [-0.25, -0.2) is 0 Å². The number of hydrogen-bond acceptors (Lipinski definition) is 18. The van der Waals surface area contributed by atoms with Crippen LogP contribution in [-0.2, 0) is 14.2 Å². The van der Waals surface area contributed by atoms with Gasteiger partial charge in [-0.2, -0.15) is 0 Å². The lowest BCUT2D eigenvalue weighted by Gasteiger charge is -2.23. The second-order valence-corrected chi connectivity index (χ2v) is 15.9. The molecule has 4 aliphatic heterocycles. The summed E-state index contributed by atoms with van der Waals surface area (Å²) in [6.45, 7) is 3.54. The molecule has 0 aromatic heterocycles. The van der Waals surface area contributed by atoms with Crippen molar-refractivity contribution >= 4 is 72.7 Å². The van der Waals surface area contributed by atoms with Crippen LogP contribution in [0.1, 0.15) is 81.4 Å². The molecule has 6 amide bonds. The van der Waals surface area contributed by atoms with Crippen molar-refractivity contribution in [2.75, 3.05) is 125 Å². The zero-order chi connectivity index (χ0) is 51.0. The third kappa shape index (κ3) is 20.0. The SMILES string of the molecule is COCCOCCOCCN1CCNC(=O)c2ccc(c(O)c2O)C(=O)NCCN(CCNC(=O)c2ccc(C(=O)NCCCCCN)c(O)c2O)CCNC(=O)c2ccc(c(O)c2O)C(=O)NCC1.Cl.Cl.Cl. The van der Waals surface area contributed by atoms with E-state index >= 15 is 0 Å². The van der Waals surface area contributed by atoms with Gasteiger partial charge in [0.05, 0.1) is 66.4 Å². The molecule has 73 heavy (non-hydrogen) atoms. The van der Waals surface area contributed by atoms with Crippen molar-refractivity contribution in [1.82, 2.24) is 41.7 Å². The van der Waals surface area contributed by atoms with Crippen molar-refractivity contribution in [2.45, 2.75) is 19.3 Å². The molecule has 14 N–H and O–H groups in total. The molecule has 0 saturated carbocycles. The van der Waals surface area contributed by atoms with Gasteiger partial charge < -0.3 is 82.5 Å². The second-order valence-electron chi connectivity index (χ2n) is 15.9. The summed E-state index contributed by atoms with van der Waals surface area (Å²) >= 11 is 0. The number of methoxy groups -OCH3 is 1. The summed E-state index contributed by atoms with van der Waals surface area (Å²) in [5, 5.41) is 80.2. The number of amides is 6. The van der Waals surface area contributed by atoms with E-state index in [0.29, 0.717) is 52.5 Å². The van der Waals surface area contributed by atoms with Gasteiger partial charge in [-0.05, 0) is 55.8 Å². The minimum Gasteiger partial charge on any atom is -0.504 e. The van der Waals surface area contributed by atoms with Crippen LogP contribution < -0.4 is 37.6 Å². The molecule has 24 nitrogen and oxygen atoms in total. The van der Waals surface area contributed by atoms with E-state index in [-0.39, 0.29) is 143 Å². The van der Waals surface area contributed by atoms with Crippen molar-refractivity contribution in [1.29, 1.82) is 0 Å². The third-order valence-corrected chi connectivity index (χ3v) is 11.0. The van der Waals surface area contributed by atoms with Gasteiger partial charge in [0.2, 0.25) is 0 Å². The molecule has 0 aliphatic carbocycles. The highest BCUT2D eigenvalue weighted by atomic mass is 35.5.